The molecule has 1 atom stereocenters. The van der Waals surface area contributed by atoms with Crippen LogP contribution in [0, 0.1) is 6.92 Å². The molecule has 0 saturated heterocycles. The minimum atomic E-state index is 0.0569. The van der Waals surface area contributed by atoms with E-state index in [4.69, 9.17) is 14.6 Å². The number of halogens is 1. The summed E-state index contributed by atoms with van der Waals surface area (Å²) in [5, 5.41) is 13.3. The van der Waals surface area contributed by atoms with E-state index in [0.29, 0.717) is 30.4 Å². The Morgan fingerprint density at radius 3 is 2.71 bits per heavy atom. The predicted molar refractivity (Wildman–Crippen MR) is 114 cm³/mol. The molecule has 3 rings (SSSR count). The Hall–Kier alpha value is -2.38. The lowest BCUT2D eigenvalue weighted by Gasteiger charge is -2.18. The summed E-state index contributed by atoms with van der Waals surface area (Å²) in [6.07, 6.45) is 0.556. The lowest BCUT2D eigenvalue weighted by Crippen LogP contribution is -2.10. The second kappa shape index (κ2) is 9.21. The van der Waals surface area contributed by atoms with Gasteiger partial charge in [0, 0.05) is 29.0 Å². The molecule has 0 aliphatic heterocycles. The summed E-state index contributed by atoms with van der Waals surface area (Å²) in [4.78, 5) is 9.16. The van der Waals surface area contributed by atoms with Gasteiger partial charge in [-0.3, -0.25) is 0 Å². The normalized spacial score (nSPS) is 12.0. The van der Waals surface area contributed by atoms with Crippen LogP contribution in [-0.2, 0) is 0 Å². The van der Waals surface area contributed by atoms with Gasteiger partial charge in [0.25, 0.3) is 0 Å². The number of hydrogen-bond acceptors (Lipinski definition) is 6. The Labute approximate surface area is 173 Å². The number of aliphatic hydroxyl groups excluding tert-OH is 1. The molecular weight excluding hydrogens is 422 g/mol. The maximum atomic E-state index is 8.97. The first-order valence-corrected chi connectivity index (χ1v) is 9.93. The van der Waals surface area contributed by atoms with Gasteiger partial charge in [-0.1, -0.05) is 28.1 Å². The quantitative estimate of drug-likeness (QED) is 0.491. The Balaban J connectivity index is 1.97. The maximum Gasteiger partial charge on any atom is 0.163 e. The molecule has 0 bridgehead atoms. The number of fused-ring (bicyclic) bond motifs is 1. The van der Waals surface area contributed by atoms with Crippen LogP contribution in [0.1, 0.15) is 30.8 Å². The number of aromatic nitrogens is 2. The fourth-order valence-electron chi connectivity index (χ4n) is 2.95. The van der Waals surface area contributed by atoms with Crippen LogP contribution in [0.4, 0.5) is 5.82 Å². The van der Waals surface area contributed by atoms with Crippen LogP contribution in [0.5, 0.6) is 11.5 Å². The van der Waals surface area contributed by atoms with Crippen molar-refractivity contribution >= 4 is 32.7 Å². The molecule has 1 heterocycles. The monoisotopic (exact) mass is 445 g/mol. The molecule has 148 valence electrons. The van der Waals surface area contributed by atoms with Crippen LogP contribution >= 0.6 is 15.9 Å². The Morgan fingerprint density at radius 2 is 2.00 bits per heavy atom. The second-order valence-electron chi connectivity index (χ2n) is 6.49. The number of rotatable bonds is 8. The molecule has 0 spiro atoms. The third-order valence-electron chi connectivity index (χ3n) is 4.35. The number of anilines is 1. The number of benzene rings is 2. The summed E-state index contributed by atoms with van der Waals surface area (Å²) < 4.78 is 12.3. The molecular formula is C21H24BrN3O3. The maximum absolute atomic E-state index is 8.97. The summed E-state index contributed by atoms with van der Waals surface area (Å²) >= 11 is 3.52. The van der Waals surface area contributed by atoms with E-state index in [9.17, 15) is 0 Å². The molecule has 0 aliphatic rings. The summed E-state index contributed by atoms with van der Waals surface area (Å²) in [6.45, 7) is 4.45. The standard InChI is InChI=1S/C21H24BrN3O3/c1-13(15-6-4-7-16(22)10-15)23-21-17-11-19(27-3)20(28-9-5-8-26)12-18(17)24-14(2)25-21/h4,6-7,10-13,26H,5,8-9H2,1-3H3,(H,23,24,25)/t13-/m1/s1. The van der Waals surface area contributed by atoms with Crippen molar-refractivity contribution in [2.24, 2.45) is 0 Å². The van der Waals surface area contributed by atoms with E-state index in [0.717, 1.165) is 26.8 Å². The van der Waals surface area contributed by atoms with Crippen LogP contribution in [0.3, 0.4) is 0 Å². The molecule has 0 fully saturated rings. The smallest absolute Gasteiger partial charge is 0.163 e. The lowest BCUT2D eigenvalue weighted by atomic mass is 10.1. The van der Waals surface area contributed by atoms with Crippen LogP contribution < -0.4 is 14.8 Å². The van der Waals surface area contributed by atoms with Crippen molar-refractivity contribution in [3.63, 3.8) is 0 Å². The van der Waals surface area contributed by atoms with Crippen LogP contribution in [0.25, 0.3) is 10.9 Å². The van der Waals surface area contributed by atoms with Gasteiger partial charge in [0.2, 0.25) is 0 Å². The molecule has 0 radical (unpaired) electrons. The minimum Gasteiger partial charge on any atom is -0.493 e. The van der Waals surface area contributed by atoms with Gasteiger partial charge in [-0.2, -0.15) is 0 Å². The molecule has 3 aromatic rings. The Bertz CT molecular complexity index is 965. The Kier molecular flexibility index (Phi) is 6.70. The third kappa shape index (κ3) is 4.72. The van der Waals surface area contributed by atoms with Gasteiger partial charge < -0.3 is 19.9 Å². The van der Waals surface area contributed by atoms with E-state index >= 15 is 0 Å². The highest BCUT2D eigenvalue weighted by atomic mass is 79.9. The van der Waals surface area contributed by atoms with Gasteiger partial charge in [0.05, 0.1) is 25.3 Å². The van der Waals surface area contributed by atoms with Gasteiger partial charge in [0.15, 0.2) is 11.5 Å². The zero-order chi connectivity index (χ0) is 20.1. The van der Waals surface area contributed by atoms with Gasteiger partial charge in [-0.15, -0.1) is 0 Å². The van der Waals surface area contributed by atoms with Crippen molar-refractivity contribution in [1.82, 2.24) is 9.97 Å². The van der Waals surface area contributed by atoms with Crippen molar-refractivity contribution in [3.05, 3.63) is 52.3 Å². The van der Waals surface area contributed by atoms with Crippen LogP contribution in [-0.4, -0.2) is 35.4 Å². The van der Waals surface area contributed by atoms with Crippen molar-refractivity contribution in [3.8, 4) is 11.5 Å². The molecule has 0 aliphatic carbocycles. The molecule has 6 nitrogen and oxygen atoms in total. The van der Waals surface area contributed by atoms with Gasteiger partial charge >= 0.3 is 0 Å². The summed E-state index contributed by atoms with van der Waals surface area (Å²) in [7, 11) is 1.60. The first-order valence-electron chi connectivity index (χ1n) is 9.14. The summed E-state index contributed by atoms with van der Waals surface area (Å²) in [5.74, 6) is 2.63. The average Bonchev–Trinajstić information content (AvgIpc) is 2.67. The highest BCUT2D eigenvalue weighted by molar-refractivity contribution is 9.10. The topological polar surface area (TPSA) is 76.5 Å². The largest absolute Gasteiger partial charge is 0.493 e. The molecule has 2 aromatic carbocycles. The number of hydrogen-bond donors (Lipinski definition) is 2. The lowest BCUT2D eigenvalue weighted by molar-refractivity contribution is 0.228. The van der Waals surface area contributed by atoms with Crippen molar-refractivity contribution < 1.29 is 14.6 Å². The molecule has 0 saturated carbocycles. The van der Waals surface area contributed by atoms with Crippen molar-refractivity contribution in [1.29, 1.82) is 0 Å². The molecule has 0 amide bonds. The van der Waals surface area contributed by atoms with Gasteiger partial charge in [-0.05, 0) is 37.6 Å². The van der Waals surface area contributed by atoms with E-state index in [2.05, 4.69) is 50.3 Å². The molecule has 1 aromatic heterocycles. The first-order chi connectivity index (χ1) is 13.5. The van der Waals surface area contributed by atoms with Gasteiger partial charge in [-0.25, -0.2) is 9.97 Å². The average molecular weight is 446 g/mol. The highest BCUT2D eigenvalue weighted by Crippen LogP contribution is 2.35. The predicted octanol–water partition coefficient (Wildman–Crippen LogP) is 4.64. The van der Waals surface area contributed by atoms with Gasteiger partial charge in [0.1, 0.15) is 11.6 Å². The number of ether oxygens (including phenoxy) is 2. The van der Waals surface area contributed by atoms with E-state index < -0.39 is 0 Å². The number of methoxy groups -OCH3 is 1. The van der Waals surface area contributed by atoms with E-state index in [1.807, 2.05) is 31.2 Å². The van der Waals surface area contributed by atoms with Crippen LogP contribution in [0.15, 0.2) is 40.9 Å². The molecule has 28 heavy (non-hydrogen) atoms. The fraction of sp³-hybridized carbons (Fsp3) is 0.333. The van der Waals surface area contributed by atoms with E-state index in [1.54, 1.807) is 7.11 Å². The number of nitrogens with one attached hydrogen (secondary N) is 1. The minimum absolute atomic E-state index is 0.0569. The molecule has 7 heteroatoms. The fourth-order valence-corrected chi connectivity index (χ4v) is 3.36. The molecule has 0 unspecified atom stereocenters. The summed E-state index contributed by atoms with van der Waals surface area (Å²) in [5.41, 5.74) is 1.92. The van der Waals surface area contributed by atoms with Crippen molar-refractivity contribution in [2.75, 3.05) is 25.6 Å². The second-order valence-corrected chi connectivity index (χ2v) is 7.40. The Morgan fingerprint density at radius 1 is 1.18 bits per heavy atom. The highest BCUT2D eigenvalue weighted by Gasteiger charge is 2.15. The van der Waals surface area contributed by atoms with Crippen molar-refractivity contribution in [2.45, 2.75) is 26.3 Å². The third-order valence-corrected chi connectivity index (χ3v) is 4.85. The SMILES string of the molecule is COc1cc2c(N[C@H](C)c3cccc(Br)c3)nc(C)nc2cc1OCCCO. The zero-order valence-corrected chi connectivity index (χ0v) is 17.8. The number of aliphatic hydroxyl groups is 1. The summed E-state index contributed by atoms with van der Waals surface area (Å²) in [6, 6.07) is 12.0. The number of aryl methyl sites for hydroxylation is 1. The zero-order valence-electron chi connectivity index (χ0n) is 16.2. The van der Waals surface area contributed by atoms with E-state index in [1.165, 1.54) is 0 Å². The van der Waals surface area contributed by atoms with Crippen LogP contribution in [0.2, 0.25) is 0 Å². The van der Waals surface area contributed by atoms with E-state index in [-0.39, 0.29) is 12.6 Å². The first kappa shape index (κ1) is 20.4. The molecule has 2 N–H and O–H groups in total. The number of nitrogens with zero attached hydrogens (tertiary/aromatic N) is 2.